The predicted octanol–water partition coefficient (Wildman–Crippen LogP) is 4.57. The van der Waals surface area contributed by atoms with E-state index in [1.54, 1.807) is 42.6 Å². The lowest BCUT2D eigenvalue weighted by molar-refractivity contribution is -0.119. The number of rotatable bonds is 7. The minimum atomic E-state index is -3.96. The normalized spacial score (nSPS) is 11.5. The Morgan fingerprint density at radius 1 is 0.879 bits per heavy atom. The molecule has 0 spiro atoms. The van der Waals surface area contributed by atoms with Crippen LogP contribution >= 0.6 is 0 Å². The molecular formula is C26H29N3O3S. The summed E-state index contributed by atoms with van der Waals surface area (Å²) >= 11 is 0. The zero-order valence-corrected chi connectivity index (χ0v) is 20.4. The zero-order chi connectivity index (χ0) is 24.2. The van der Waals surface area contributed by atoms with E-state index in [1.807, 2.05) is 58.9 Å². The van der Waals surface area contributed by atoms with Gasteiger partial charge in [0.15, 0.2) is 0 Å². The number of benzene rings is 3. The Hall–Kier alpha value is -3.45. The molecule has 0 aromatic heterocycles. The van der Waals surface area contributed by atoms with Crippen molar-refractivity contribution in [3.05, 3.63) is 94.0 Å². The summed E-state index contributed by atoms with van der Waals surface area (Å²) in [6.07, 6.45) is 1.58. The lowest BCUT2D eigenvalue weighted by Crippen LogP contribution is -2.40. The highest BCUT2D eigenvalue weighted by atomic mass is 32.2. The summed E-state index contributed by atoms with van der Waals surface area (Å²) in [6.45, 7) is 9.38. The average Bonchev–Trinajstić information content (AvgIpc) is 2.78. The Morgan fingerprint density at radius 3 is 2.21 bits per heavy atom. The molecule has 0 aliphatic heterocycles. The maximum Gasteiger partial charge on any atom is 0.264 e. The third kappa shape index (κ3) is 5.49. The SMILES string of the molecule is Cc1ccc(S(=O)(=O)N(CC(=O)N/N=C\c2ccc(C)c(C)c2C)c2ccccc2C)cc1. The summed E-state index contributed by atoms with van der Waals surface area (Å²) in [6, 6.07) is 17.6. The first kappa shape index (κ1) is 24.2. The Morgan fingerprint density at radius 2 is 1.55 bits per heavy atom. The Labute approximate surface area is 196 Å². The number of nitrogens with zero attached hydrogens (tertiary/aromatic N) is 2. The molecule has 0 radical (unpaired) electrons. The molecule has 0 saturated carbocycles. The van der Waals surface area contributed by atoms with Crippen molar-refractivity contribution in [2.75, 3.05) is 10.8 Å². The van der Waals surface area contributed by atoms with Crippen LogP contribution in [0.1, 0.15) is 33.4 Å². The summed E-state index contributed by atoms with van der Waals surface area (Å²) in [5.74, 6) is -0.535. The standard InChI is InChI=1S/C26H29N3O3S/c1-18-10-14-24(15-11-18)33(31,32)29(25-9-7-6-8-20(25)3)17-26(30)28-27-16-23-13-12-19(2)21(4)22(23)5/h6-16H,17H2,1-5H3,(H,28,30)/b27-16-. The molecule has 3 aromatic carbocycles. The molecule has 0 fully saturated rings. The smallest absolute Gasteiger partial charge is 0.264 e. The molecule has 33 heavy (non-hydrogen) atoms. The van der Waals surface area contributed by atoms with E-state index in [-0.39, 0.29) is 4.90 Å². The monoisotopic (exact) mass is 463 g/mol. The number of hydrazone groups is 1. The number of anilines is 1. The van der Waals surface area contributed by atoms with Gasteiger partial charge in [-0.05, 0) is 80.6 Å². The van der Waals surface area contributed by atoms with E-state index in [4.69, 9.17) is 0 Å². The van der Waals surface area contributed by atoms with Crippen LogP contribution < -0.4 is 9.73 Å². The van der Waals surface area contributed by atoms with Gasteiger partial charge in [-0.2, -0.15) is 5.10 Å². The molecule has 0 atom stereocenters. The van der Waals surface area contributed by atoms with Crippen molar-refractivity contribution in [3.8, 4) is 0 Å². The second kappa shape index (κ2) is 10.0. The van der Waals surface area contributed by atoms with E-state index in [1.165, 1.54) is 11.1 Å². The average molecular weight is 464 g/mol. The van der Waals surface area contributed by atoms with Gasteiger partial charge in [-0.25, -0.2) is 13.8 Å². The topological polar surface area (TPSA) is 78.8 Å². The van der Waals surface area contributed by atoms with Crippen molar-refractivity contribution in [1.29, 1.82) is 0 Å². The molecule has 0 aliphatic carbocycles. The molecule has 1 amide bonds. The third-order valence-corrected chi connectivity index (χ3v) is 7.55. The molecule has 0 unspecified atom stereocenters. The highest BCUT2D eigenvalue weighted by Gasteiger charge is 2.28. The third-order valence-electron chi connectivity index (χ3n) is 5.77. The summed E-state index contributed by atoms with van der Waals surface area (Å²) < 4.78 is 28.0. The number of para-hydroxylation sites is 1. The van der Waals surface area contributed by atoms with E-state index >= 15 is 0 Å². The predicted molar refractivity (Wildman–Crippen MR) is 133 cm³/mol. The molecule has 6 nitrogen and oxygen atoms in total. The molecule has 1 N–H and O–H groups in total. The Balaban J connectivity index is 1.86. The highest BCUT2D eigenvalue weighted by molar-refractivity contribution is 7.92. The fourth-order valence-corrected chi connectivity index (χ4v) is 4.92. The number of carbonyl (C=O) groups excluding carboxylic acids is 1. The molecule has 172 valence electrons. The maximum atomic E-state index is 13.4. The fourth-order valence-electron chi connectivity index (χ4n) is 3.44. The van der Waals surface area contributed by atoms with Gasteiger partial charge in [0.1, 0.15) is 6.54 Å². The van der Waals surface area contributed by atoms with Crippen molar-refractivity contribution < 1.29 is 13.2 Å². The van der Waals surface area contributed by atoms with E-state index in [0.29, 0.717) is 5.69 Å². The first-order valence-corrected chi connectivity index (χ1v) is 12.1. The number of aryl methyl sites for hydroxylation is 3. The van der Waals surface area contributed by atoms with Crippen molar-refractivity contribution in [1.82, 2.24) is 5.43 Å². The maximum absolute atomic E-state index is 13.4. The van der Waals surface area contributed by atoms with Gasteiger partial charge in [0.2, 0.25) is 0 Å². The lowest BCUT2D eigenvalue weighted by atomic mass is 10.00. The minimum Gasteiger partial charge on any atom is -0.271 e. The van der Waals surface area contributed by atoms with Gasteiger partial charge in [-0.1, -0.05) is 48.0 Å². The van der Waals surface area contributed by atoms with Gasteiger partial charge in [-0.15, -0.1) is 0 Å². The van der Waals surface area contributed by atoms with Crippen LogP contribution in [0.4, 0.5) is 5.69 Å². The largest absolute Gasteiger partial charge is 0.271 e. The van der Waals surface area contributed by atoms with Crippen molar-refractivity contribution in [2.45, 2.75) is 39.5 Å². The molecule has 7 heteroatoms. The number of nitrogens with one attached hydrogen (secondary N) is 1. The first-order valence-electron chi connectivity index (χ1n) is 10.6. The quantitative estimate of drug-likeness (QED) is 0.412. The molecular weight excluding hydrogens is 434 g/mol. The van der Waals surface area contributed by atoms with E-state index in [0.717, 1.165) is 26.6 Å². The number of hydrogen-bond acceptors (Lipinski definition) is 4. The fraction of sp³-hybridized carbons (Fsp3) is 0.231. The Kier molecular flexibility index (Phi) is 7.33. The molecule has 0 heterocycles. The number of sulfonamides is 1. The molecule has 3 rings (SSSR count). The van der Waals surface area contributed by atoms with E-state index in [2.05, 4.69) is 10.5 Å². The second-order valence-electron chi connectivity index (χ2n) is 8.13. The zero-order valence-electron chi connectivity index (χ0n) is 19.6. The van der Waals surface area contributed by atoms with Gasteiger partial charge in [0.05, 0.1) is 16.8 Å². The highest BCUT2D eigenvalue weighted by Crippen LogP contribution is 2.26. The van der Waals surface area contributed by atoms with Crippen molar-refractivity contribution >= 4 is 27.8 Å². The van der Waals surface area contributed by atoms with E-state index < -0.39 is 22.5 Å². The number of carbonyl (C=O) groups is 1. The second-order valence-corrected chi connectivity index (χ2v) is 9.99. The van der Waals surface area contributed by atoms with Crippen LogP contribution in [0.5, 0.6) is 0 Å². The van der Waals surface area contributed by atoms with Gasteiger partial charge < -0.3 is 0 Å². The molecule has 0 aliphatic rings. The van der Waals surface area contributed by atoms with Crippen LogP contribution in [-0.4, -0.2) is 27.1 Å². The van der Waals surface area contributed by atoms with Crippen LogP contribution in [0.15, 0.2) is 70.7 Å². The number of hydrogen-bond donors (Lipinski definition) is 1. The summed E-state index contributed by atoms with van der Waals surface area (Å²) in [5.41, 5.74) is 8.93. The number of amides is 1. The molecule has 3 aromatic rings. The summed E-state index contributed by atoms with van der Waals surface area (Å²) in [5, 5.41) is 4.06. The van der Waals surface area contributed by atoms with Gasteiger partial charge in [-0.3, -0.25) is 9.10 Å². The van der Waals surface area contributed by atoms with Crippen LogP contribution in [-0.2, 0) is 14.8 Å². The van der Waals surface area contributed by atoms with Gasteiger partial charge in [0.25, 0.3) is 15.9 Å². The summed E-state index contributed by atoms with van der Waals surface area (Å²) in [4.78, 5) is 12.9. The Bertz CT molecular complexity index is 1300. The molecule has 0 bridgehead atoms. The van der Waals surface area contributed by atoms with Crippen LogP contribution in [0.3, 0.4) is 0 Å². The van der Waals surface area contributed by atoms with E-state index in [9.17, 15) is 13.2 Å². The summed E-state index contributed by atoms with van der Waals surface area (Å²) in [7, 11) is -3.96. The van der Waals surface area contributed by atoms with Crippen molar-refractivity contribution in [3.63, 3.8) is 0 Å². The van der Waals surface area contributed by atoms with Crippen molar-refractivity contribution in [2.24, 2.45) is 5.10 Å². The van der Waals surface area contributed by atoms with Crippen LogP contribution in [0.25, 0.3) is 0 Å². The van der Waals surface area contributed by atoms with Crippen LogP contribution in [0, 0.1) is 34.6 Å². The van der Waals surface area contributed by atoms with Crippen LogP contribution in [0.2, 0.25) is 0 Å². The minimum absolute atomic E-state index is 0.124. The molecule has 0 saturated heterocycles. The lowest BCUT2D eigenvalue weighted by Gasteiger charge is -2.25. The first-order chi connectivity index (χ1) is 15.6. The van der Waals surface area contributed by atoms with Gasteiger partial charge >= 0.3 is 0 Å². The van der Waals surface area contributed by atoms with Gasteiger partial charge in [0, 0.05) is 0 Å².